The third kappa shape index (κ3) is 2.36. The molecule has 1 aromatic rings. The van der Waals surface area contributed by atoms with Crippen LogP contribution < -0.4 is 5.32 Å². The fourth-order valence-electron chi connectivity index (χ4n) is 1.63. The van der Waals surface area contributed by atoms with Crippen LogP contribution in [-0.2, 0) is 11.3 Å². The molecule has 1 saturated heterocycles. The molecule has 0 radical (unpaired) electrons. The number of carbonyl (C=O) groups is 2. The number of imide groups is 1. The lowest BCUT2D eigenvalue weighted by molar-refractivity contribution is -0.121. The molecule has 1 N–H and O–H groups in total. The zero-order valence-electron chi connectivity index (χ0n) is 9.06. The van der Waals surface area contributed by atoms with E-state index in [0.717, 1.165) is 11.4 Å². The van der Waals surface area contributed by atoms with Gasteiger partial charge in [-0.15, -0.1) is 0 Å². The van der Waals surface area contributed by atoms with Crippen LogP contribution in [0.2, 0.25) is 0 Å². The van der Waals surface area contributed by atoms with Gasteiger partial charge >= 0.3 is 6.03 Å². The summed E-state index contributed by atoms with van der Waals surface area (Å²) in [5.74, 6) is -0.210. The summed E-state index contributed by atoms with van der Waals surface area (Å²) in [6.07, 6.45) is 0.359. The van der Waals surface area contributed by atoms with Crippen molar-refractivity contribution in [1.29, 1.82) is 0 Å². The number of hydrogen-bond donors (Lipinski definition) is 1. The predicted molar refractivity (Wildman–Crippen MR) is 57.5 cm³/mol. The van der Waals surface area contributed by atoms with Crippen LogP contribution in [0.15, 0.2) is 18.2 Å². The van der Waals surface area contributed by atoms with Gasteiger partial charge in [0.2, 0.25) is 5.91 Å². The summed E-state index contributed by atoms with van der Waals surface area (Å²) < 4.78 is 0. The van der Waals surface area contributed by atoms with Gasteiger partial charge in [0.05, 0.1) is 12.2 Å². The Bertz CT molecular complexity index is 431. The van der Waals surface area contributed by atoms with Crippen molar-refractivity contribution in [2.24, 2.45) is 0 Å². The fraction of sp³-hybridized carbons (Fsp3) is 0.364. The van der Waals surface area contributed by atoms with Crippen LogP contribution in [0.4, 0.5) is 4.79 Å². The maximum Gasteiger partial charge on any atom is 0.324 e. The second kappa shape index (κ2) is 4.30. The van der Waals surface area contributed by atoms with Crippen LogP contribution in [0.25, 0.3) is 0 Å². The number of urea groups is 1. The topological polar surface area (TPSA) is 62.3 Å². The highest BCUT2D eigenvalue weighted by Crippen LogP contribution is 2.07. The van der Waals surface area contributed by atoms with Gasteiger partial charge in [-0.25, -0.2) is 4.79 Å². The molecule has 1 aliphatic rings. The Morgan fingerprint density at radius 1 is 1.44 bits per heavy atom. The van der Waals surface area contributed by atoms with E-state index >= 15 is 0 Å². The summed E-state index contributed by atoms with van der Waals surface area (Å²) in [5, 5.41) is 2.28. The van der Waals surface area contributed by atoms with E-state index in [-0.39, 0.29) is 11.9 Å². The Balaban J connectivity index is 2.05. The SMILES string of the molecule is Cc1cccc(CN2CCC(=O)NC2=O)n1. The number of hydrogen-bond acceptors (Lipinski definition) is 3. The minimum atomic E-state index is -0.334. The van der Waals surface area contributed by atoms with Crippen molar-refractivity contribution in [3.63, 3.8) is 0 Å². The van der Waals surface area contributed by atoms with E-state index < -0.39 is 0 Å². The van der Waals surface area contributed by atoms with E-state index in [4.69, 9.17) is 0 Å². The van der Waals surface area contributed by atoms with Gasteiger partial charge in [-0.1, -0.05) is 6.07 Å². The summed E-state index contributed by atoms with van der Waals surface area (Å²) in [5.41, 5.74) is 1.76. The van der Waals surface area contributed by atoms with Gasteiger partial charge in [-0.05, 0) is 19.1 Å². The van der Waals surface area contributed by atoms with Crippen molar-refractivity contribution in [1.82, 2.24) is 15.2 Å². The molecule has 16 heavy (non-hydrogen) atoms. The molecule has 0 atom stereocenters. The highest BCUT2D eigenvalue weighted by molar-refractivity contribution is 5.96. The van der Waals surface area contributed by atoms with Crippen LogP contribution in [0, 0.1) is 6.92 Å². The van der Waals surface area contributed by atoms with Gasteiger partial charge in [0, 0.05) is 18.7 Å². The predicted octanol–water partition coefficient (Wildman–Crippen LogP) is 0.832. The van der Waals surface area contributed by atoms with Crippen LogP contribution in [0.3, 0.4) is 0 Å². The molecule has 0 bridgehead atoms. The van der Waals surface area contributed by atoms with Crippen LogP contribution >= 0.6 is 0 Å². The van der Waals surface area contributed by atoms with Crippen molar-refractivity contribution < 1.29 is 9.59 Å². The zero-order chi connectivity index (χ0) is 11.5. The van der Waals surface area contributed by atoms with Crippen molar-refractivity contribution in [2.75, 3.05) is 6.54 Å². The van der Waals surface area contributed by atoms with E-state index in [0.29, 0.717) is 19.5 Å². The largest absolute Gasteiger partial charge is 0.324 e. The third-order valence-electron chi connectivity index (χ3n) is 2.44. The highest BCUT2D eigenvalue weighted by Gasteiger charge is 2.22. The molecule has 3 amide bonds. The lowest BCUT2D eigenvalue weighted by atomic mass is 10.2. The van der Waals surface area contributed by atoms with Gasteiger partial charge in [0.25, 0.3) is 0 Å². The monoisotopic (exact) mass is 219 g/mol. The molecule has 2 heterocycles. The molecule has 0 unspecified atom stereocenters. The molecule has 2 rings (SSSR count). The number of carbonyl (C=O) groups excluding carboxylic acids is 2. The Morgan fingerprint density at radius 2 is 2.25 bits per heavy atom. The molecule has 5 nitrogen and oxygen atoms in total. The van der Waals surface area contributed by atoms with E-state index in [2.05, 4.69) is 10.3 Å². The average Bonchev–Trinajstić information content (AvgIpc) is 2.22. The summed E-state index contributed by atoms with van der Waals surface area (Å²) in [6, 6.07) is 5.35. The summed E-state index contributed by atoms with van der Waals surface area (Å²) in [6.45, 7) is 2.81. The maximum atomic E-state index is 11.5. The highest BCUT2D eigenvalue weighted by atomic mass is 16.2. The van der Waals surface area contributed by atoms with E-state index in [1.807, 2.05) is 25.1 Å². The molecule has 1 aliphatic heterocycles. The Kier molecular flexibility index (Phi) is 2.85. The maximum absolute atomic E-state index is 11.5. The van der Waals surface area contributed by atoms with Crippen LogP contribution in [0.1, 0.15) is 17.8 Å². The standard InChI is InChI=1S/C11H13N3O2/c1-8-3-2-4-9(12-8)7-14-6-5-10(15)13-11(14)16/h2-4H,5-7H2,1H3,(H,13,15,16). The average molecular weight is 219 g/mol. The normalized spacial score (nSPS) is 16.2. The summed E-state index contributed by atoms with van der Waals surface area (Å²) >= 11 is 0. The summed E-state index contributed by atoms with van der Waals surface area (Å²) in [7, 11) is 0. The number of pyridine rings is 1. The number of nitrogens with zero attached hydrogens (tertiary/aromatic N) is 2. The van der Waals surface area contributed by atoms with Crippen molar-refractivity contribution >= 4 is 11.9 Å². The molecule has 0 aliphatic carbocycles. The van der Waals surface area contributed by atoms with Gasteiger partial charge in [-0.3, -0.25) is 15.1 Å². The van der Waals surface area contributed by atoms with Gasteiger partial charge < -0.3 is 4.90 Å². The van der Waals surface area contributed by atoms with Gasteiger partial charge in [-0.2, -0.15) is 0 Å². The number of amides is 3. The van der Waals surface area contributed by atoms with E-state index in [9.17, 15) is 9.59 Å². The number of nitrogens with one attached hydrogen (secondary N) is 1. The van der Waals surface area contributed by atoms with Gasteiger partial charge in [0.15, 0.2) is 0 Å². The van der Waals surface area contributed by atoms with E-state index in [1.54, 1.807) is 4.90 Å². The van der Waals surface area contributed by atoms with Crippen LogP contribution in [-0.4, -0.2) is 28.4 Å². The molecule has 0 saturated carbocycles. The zero-order valence-corrected chi connectivity index (χ0v) is 9.06. The lowest BCUT2D eigenvalue weighted by Crippen LogP contribution is -2.48. The quantitative estimate of drug-likeness (QED) is 0.801. The second-order valence-corrected chi connectivity index (χ2v) is 3.80. The Morgan fingerprint density at radius 3 is 2.94 bits per heavy atom. The van der Waals surface area contributed by atoms with Crippen molar-refractivity contribution in [3.8, 4) is 0 Å². The van der Waals surface area contributed by atoms with Crippen molar-refractivity contribution in [2.45, 2.75) is 19.9 Å². The molecule has 84 valence electrons. The number of aromatic nitrogens is 1. The minimum absolute atomic E-state index is 0.210. The molecule has 0 aromatic carbocycles. The third-order valence-corrected chi connectivity index (χ3v) is 2.44. The van der Waals surface area contributed by atoms with Crippen molar-refractivity contribution in [3.05, 3.63) is 29.6 Å². The van der Waals surface area contributed by atoms with Gasteiger partial charge in [0.1, 0.15) is 0 Å². The smallest absolute Gasteiger partial charge is 0.318 e. The second-order valence-electron chi connectivity index (χ2n) is 3.80. The molecule has 0 spiro atoms. The van der Waals surface area contributed by atoms with E-state index in [1.165, 1.54) is 0 Å². The Labute approximate surface area is 93.5 Å². The lowest BCUT2D eigenvalue weighted by Gasteiger charge is -2.26. The van der Waals surface area contributed by atoms with Crippen LogP contribution in [0.5, 0.6) is 0 Å². The first-order valence-corrected chi connectivity index (χ1v) is 5.16. The molecule has 1 aromatic heterocycles. The Hall–Kier alpha value is -1.91. The fourth-order valence-corrected chi connectivity index (χ4v) is 1.63. The minimum Gasteiger partial charge on any atom is -0.318 e. The number of rotatable bonds is 2. The first-order valence-electron chi connectivity index (χ1n) is 5.16. The first-order chi connectivity index (χ1) is 7.65. The first kappa shape index (κ1) is 10.6. The summed E-state index contributed by atoms with van der Waals surface area (Å²) in [4.78, 5) is 28.3. The molecular weight excluding hydrogens is 206 g/mol. The molecular formula is C11H13N3O2. The molecule has 5 heteroatoms. The molecule has 1 fully saturated rings. The number of aryl methyl sites for hydroxylation is 1.